The van der Waals surface area contributed by atoms with E-state index in [0.29, 0.717) is 39.1 Å². The lowest BCUT2D eigenvalue weighted by atomic mass is 10.2. The number of para-hydroxylation sites is 1. The molecular weight excluding hydrogens is 402 g/mol. The second-order valence-electron chi connectivity index (χ2n) is 6.62. The predicted octanol–water partition coefficient (Wildman–Crippen LogP) is 5.84. The third-order valence-corrected chi connectivity index (χ3v) is 4.78. The number of carbonyl (C=O) groups is 1. The van der Waals surface area contributed by atoms with Crippen molar-refractivity contribution in [3.63, 3.8) is 0 Å². The van der Waals surface area contributed by atoms with Crippen molar-refractivity contribution < 1.29 is 9.53 Å². The Morgan fingerprint density at radius 2 is 1.83 bits per heavy atom. The van der Waals surface area contributed by atoms with E-state index in [-0.39, 0.29) is 12.5 Å². The van der Waals surface area contributed by atoms with Crippen LogP contribution < -0.4 is 4.74 Å². The summed E-state index contributed by atoms with van der Waals surface area (Å²) in [6.45, 7) is 3.38. The Morgan fingerprint density at radius 1 is 1.07 bits per heavy atom. The summed E-state index contributed by atoms with van der Waals surface area (Å²) in [7, 11) is 0. The number of halogens is 1. The molecule has 2 heterocycles. The summed E-state index contributed by atoms with van der Waals surface area (Å²) in [6.07, 6.45) is 1.69. The number of azo groups is 1. The molecule has 0 spiro atoms. The number of hydrogen-bond donors (Lipinski definition) is 0. The number of pyridine rings is 1. The fourth-order valence-corrected chi connectivity index (χ4v) is 3.16. The summed E-state index contributed by atoms with van der Waals surface area (Å²) < 4.78 is 7.04. The third-order valence-electron chi connectivity index (χ3n) is 4.53. The van der Waals surface area contributed by atoms with E-state index in [1.165, 1.54) is 4.68 Å². The van der Waals surface area contributed by atoms with Gasteiger partial charge in [0.05, 0.1) is 17.1 Å². The van der Waals surface area contributed by atoms with Crippen molar-refractivity contribution in [1.82, 2.24) is 14.8 Å². The molecule has 0 aliphatic rings. The number of benzene rings is 2. The lowest BCUT2D eigenvalue weighted by molar-refractivity contribution is 0.0819. The standard InChI is InChI=1S/C22H18ClN5O2/c1-14-21(26-25-18-10-8-17(23)9-11-18)15(2)28(27-14)20(29)13-30-19-7-3-5-16-6-4-12-24-22(16)19/h3-12H,13H2,1-2H3. The molecular formula is C22H18ClN5O2. The topological polar surface area (TPSA) is 81.7 Å². The maximum Gasteiger partial charge on any atom is 0.285 e. The number of carbonyl (C=O) groups excluding carboxylic acids is 1. The van der Waals surface area contributed by atoms with Crippen LogP contribution in [0, 0.1) is 13.8 Å². The van der Waals surface area contributed by atoms with Gasteiger partial charge >= 0.3 is 0 Å². The summed E-state index contributed by atoms with van der Waals surface area (Å²) in [5, 5.41) is 14.3. The molecule has 0 atom stereocenters. The number of nitrogens with zero attached hydrogens (tertiary/aromatic N) is 5. The number of fused-ring (bicyclic) bond motifs is 1. The van der Waals surface area contributed by atoms with Crippen LogP contribution in [-0.4, -0.2) is 27.3 Å². The van der Waals surface area contributed by atoms with Gasteiger partial charge in [-0.3, -0.25) is 9.78 Å². The average Bonchev–Trinajstić information content (AvgIpc) is 3.05. The Morgan fingerprint density at radius 3 is 2.63 bits per heavy atom. The van der Waals surface area contributed by atoms with Gasteiger partial charge in [0, 0.05) is 16.6 Å². The van der Waals surface area contributed by atoms with Crippen LogP contribution in [-0.2, 0) is 0 Å². The van der Waals surface area contributed by atoms with Crippen LogP contribution in [0.2, 0.25) is 5.02 Å². The van der Waals surface area contributed by atoms with Gasteiger partial charge in [0.1, 0.15) is 17.0 Å². The average molecular weight is 420 g/mol. The van der Waals surface area contributed by atoms with Crippen LogP contribution in [0.4, 0.5) is 11.4 Å². The molecule has 0 saturated carbocycles. The van der Waals surface area contributed by atoms with Gasteiger partial charge in [-0.15, -0.1) is 5.11 Å². The van der Waals surface area contributed by atoms with Crippen LogP contribution >= 0.6 is 11.6 Å². The van der Waals surface area contributed by atoms with Gasteiger partial charge < -0.3 is 4.74 Å². The second kappa shape index (κ2) is 8.42. The monoisotopic (exact) mass is 419 g/mol. The molecule has 7 nitrogen and oxygen atoms in total. The first-order valence-corrected chi connectivity index (χ1v) is 9.64. The van der Waals surface area contributed by atoms with E-state index in [1.54, 1.807) is 50.4 Å². The van der Waals surface area contributed by atoms with Crippen LogP contribution in [0.15, 0.2) is 71.0 Å². The fraction of sp³-hybridized carbons (Fsp3) is 0.136. The molecule has 2 aromatic heterocycles. The molecule has 8 heteroatoms. The summed E-state index contributed by atoms with van der Waals surface area (Å²) in [6, 6.07) is 16.4. The number of aromatic nitrogens is 3. The highest BCUT2D eigenvalue weighted by atomic mass is 35.5. The van der Waals surface area contributed by atoms with Crippen molar-refractivity contribution in [2.75, 3.05) is 6.61 Å². The molecule has 150 valence electrons. The fourth-order valence-electron chi connectivity index (χ4n) is 3.03. The van der Waals surface area contributed by atoms with Gasteiger partial charge in [-0.1, -0.05) is 29.8 Å². The highest BCUT2D eigenvalue weighted by molar-refractivity contribution is 6.30. The zero-order chi connectivity index (χ0) is 21.1. The molecule has 0 radical (unpaired) electrons. The Kier molecular flexibility index (Phi) is 5.54. The first-order valence-electron chi connectivity index (χ1n) is 9.26. The smallest absolute Gasteiger partial charge is 0.285 e. The predicted molar refractivity (Wildman–Crippen MR) is 115 cm³/mol. The van der Waals surface area contributed by atoms with Crippen molar-refractivity contribution in [3.05, 3.63) is 77.2 Å². The first kappa shape index (κ1) is 19.7. The minimum Gasteiger partial charge on any atom is -0.481 e. The van der Waals surface area contributed by atoms with Crippen molar-refractivity contribution in [1.29, 1.82) is 0 Å². The van der Waals surface area contributed by atoms with Gasteiger partial charge in [-0.25, -0.2) is 0 Å². The Balaban J connectivity index is 1.52. The Bertz CT molecular complexity index is 1240. The maximum absolute atomic E-state index is 12.7. The minimum atomic E-state index is -0.309. The zero-order valence-electron chi connectivity index (χ0n) is 16.4. The van der Waals surface area contributed by atoms with E-state index in [2.05, 4.69) is 20.3 Å². The van der Waals surface area contributed by atoms with Gasteiger partial charge in [0.25, 0.3) is 5.91 Å². The summed E-state index contributed by atoms with van der Waals surface area (Å²) >= 11 is 5.88. The zero-order valence-corrected chi connectivity index (χ0v) is 17.2. The number of aryl methyl sites for hydroxylation is 1. The molecule has 0 unspecified atom stereocenters. The molecule has 4 rings (SSSR count). The van der Waals surface area contributed by atoms with Crippen LogP contribution in [0.5, 0.6) is 5.75 Å². The van der Waals surface area contributed by atoms with E-state index < -0.39 is 0 Å². The lowest BCUT2D eigenvalue weighted by Crippen LogP contribution is -2.21. The second-order valence-corrected chi connectivity index (χ2v) is 7.06. The van der Waals surface area contributed by atoms with E-state index in [1.807, 2.05) is 24.3 Å². The molecule has 0 fully saturated rings. The summed E-state index contributed by atoms with van der Waals surface area (Å²) in [5.74, 6) is 0.238. The quantitative estimate of drug-likeness (QED) is 0.381. The molecule has 0 amide bonds. The van der Waals surface area contributed by atoms with Crippen LogP contribution in [0.25, 0.3) is 10.9 Å². The highest BCUT2D eigenvalue weighted by Crippen LogP contribution is 2.27. The molecule has 0 bridgehead atoms. The van der Waals surface area contributed by atoms with Crippen LogP contribution in [0.1, 0.15) is 16.2 Å². The van der Waals surface area contributed by atoms with E-state index >= 15 is 0 Å². The highest BCUT2D eigenvalue weighted by Gasteiger charge is 2.17. The lowest BCUT2D eigenvalue weighted by Gasteiger charge is -2.08. The van der Waals surface area contributed by atoms with Crippen molar-refractivity contribution >= 4 is 39.8 Å². The third kappa shape index (κ3) is 4.06. The van der Waals surface area contributed by atoms with Gasteiger partial charge in [-0.2, -0.15) is 14.9 Å². The molecule has 0 aliphatic heterocycles. The number of ether oxygens (including phenoxy) is 1. The molecule has 30 heavy (non-hydrogen) atoms. The van der Waals surface area contributed by atoms with Crippen molar-refractivity contribution in [2.24, 2.45) is 10.2 Å². The van der Waals surface area contributed by atoms with E-state index in [9.17, 15) is 4.79 Å². The van der Waals surface area contributed by atoms with Gasteiger partial charge in [0.15, 0.2) is 6.61 Å². The Labute approximate surface area is 178 Å². The van der Waals surface area contributed by atoms with Gasteiger partial charge in [0.2, 0.25) is 0 Å². The molecule has 0 aliphatic carbocycles. The SMILES string of the molecule is Cc1nn(C(=O)COc2cccc3cccnc23)c(C)c1N=Nc1ccc(Cl)cc1. The molecule has 4 aromatic rings. The largest absolute Gasteiger partial charge is 0.481 e. The van der Waals surface area contributed by atoms with E-state index in [4.69, 9.17) is 16.3 Å². The van der Waals surface area contributed by atoms with E-state index in [0.717, 1.165) is 5.39 Å². The maximum atomic E-state index is 12.7. The number of rotatable bonds is 5. The molecule has 0 N–H and O–H groups in total. The summed E-state index contributed by atoms with van der Waals surface area (Å²) in [4.78, 5) is 17.1. The van der Waals surface area contributed by atoms with Crippen LogP contribution in [0.3, 0.4) is 0 Å². The Hall–Kier alpha value is -3.58. The van der Waals surface area contributed by atoms with Crippen molar-refractivity contribution in [2.45, 2.75) is 13.8 Å². The van der Waals surface area contributed by atoms with Crippen molar-refractivity contribution in [3.8, 4) is 5.75 Å². The van der Waals surface area contributed by atoms with Gasteiger partial charge in [-0.05, 0) is 50.2 Å². The summed E-state index contributed by atoms with van der Waals surface area (Å²) in [5.41, 5.74) is 3.10. The molecule has 0 saturated heterocycles. The minimum absolute atomic E-state index is 0.175. The first-order chi connectivity index (χ1) is 14.5. The normalized spacial score (nSPS) is 11.3. The molecule has 2 aromatic carbocycles. The number of hydrogen-bond acceptors (Lipinski definition) is 6.